The molecule has 0 aliphatic carbocycles. The lowest BCUT2D eigenvalue weighted by Gasteiger charge is -2.13. The smallest absolute Gasteiger partial charge is 0.294 e. The molecule has 0 fully saturated rings. The van der Waals surface area contributed by atoms with E-state index in [1.165, 1.54) is 18.2 Å². The van der Waals surface area contributed by atoms with Gasteiger partial charge in [0.1, 0.15) is 5.75 Å². The minimum absolute atomic E-state index is 0.0400. The van der Waals surface area contributed by atoms with Crippen LogP contribution in [0.2, 0.25) is 0 Å². The van der Waals surface area contributed by atoms with Crippen molar-refractivity contribution in [2.75, 3.05) is 11.1 Å². The molecule has 5 N–H and O–H groups in total. The standard InChI is InChI=1S/C18H16N2O5S/c1-10-5-6-13(14(19)7-10)18(22)20-15-9-12(26(23,24)25)8-11-3-2-4-16(21)17(11)15/h2-9,21H,19H2,1H3,(H,20,22)(H,23,24,25). The van der Waals surface area contributed by atoms with Crippen LogP contribution in [-0.4, -0.2) is 24.0 Å². The Morgan fingerprint density at radius 2 is 1.85 bits per heavy atom. The van der Waals surface area contributed by atoms with Gasteiger partial charge in [0, 0.05) is 11.1 Å². The normalized spacial score (nSPS) is 11.5. The van der Waals surface area contributed by atoms with Crippen molar-refractivity contribution in [1.29, 1.82) is 0 Å². The summed E-state index contributed by atoms with van der Waals surface area (Å²) in [5.41, 5.74) is 7.27. The zero-order valence-corrected chi connectivity index (χ0v) is 14.5. The molecule has 7 nitrogen and oxygen atoms in total. The van der Waals surface area contributed by atoms with E-state index in [1.54, 1.807) is 24.3 Å². The molecule has 0 atom stereocenters. The highest BCUT2D eigenvalue weighted by Crippen LogP contribution is 2.34. The number of aromatic hydroxyl groups is 1. The van der Waals surface area contributed by atoms with E-state index in [0.29, 0.717) is 5.39 Å². The predicted octanol–water partition coefficient (Wildman–Crippen LogP) is 2.94. The third kappa shape index (κ3) is 3.32. The fourth-order valence-corrected chi connectivity index (χ4v) is 3.25. The van der Waals surface area contributed by atoms with E-state index in [0.717, 1.165) is 11.6 Å². The number of hydrogen-bond acceptors (Lipinski definition) is 5. The zero-order chi connectivity index (χ0) is 19.1. The Labute approximate surface area is 149 Å². The first-order valence-electron chi connectivity index (χ1n) is 7.57. The predicted molar refractivity (Wildman–Crippen MR) is 99.0 cm³/mol. The van der Waals surface area contributed by atoms with Gasteiger partial charge in [-0.25, -0.2) is 0 Å². The van der Waals surface area contributed by atoms with Crippen molar-refractivity contribution < 1.29 is 22.9 Å². The van der Waals surface area contributed by atoms with Gasteiger partial charge in [0.15, 0.2) is 0 Å². The van der Waals surface area contributed by atoms with Crippen molar-refractivity contribution in [2.24, 2.45) is 0 Å². The van der Waals surface area contributed by atoms with Crippen LogP contribution in [-0.2, 0) is 10.1 Å². The van der Waals surface area contributed by atoms with Crippen LogP contribution in [0, 0.1) is 6.92 Å². The van der Waals surface area contributed by atoms with Crippen molar-refractivity contribution in [3.63, 3.8) is 0 Å². The van der Waals surface area contributed by atoms with Crippen LogP contribution in [0.5, 0.6) is 5.75 Å². The fraction of sp³-hybridized carbons (Fsp3) is 0.0556. The number of aryl methyl sites for hydroxylation is 1. The Morgan fingerprint density at radius 3 is 2.50 bits per heavy atom. The second-order valence-corrected chi connectivity index (χ2v) is 7.29. The number of nitrogens with one attached hydrogen (secondary N) is 1. The number of phenols is 1. The molecule has 3 aromatic rings. The van der Waals surface area contributed by atoms with Gasteiger partial charge < -0.3 is 16.2 Å². The summed E-state index contributed by atoms with van der Waals surface area (Å²) in [4.78, 5) is 12.2. The summed E-state index contributed by atoms with van der Waals surface area (Å²) in [7, 11) is -4.50. The molecule has 134 valence electrons. The van der Waals surface area contributed by atoms with Crippen LogP contribution >= 0.6 is 0 Å². The molecular formula is C18H16N2O5S. The maximum Gasteiger partial charge on any atom is 0.294 e. The van der Waals surface area contributed by atoms with Gasteiger partial charge >= 0.3 is 0 Å². The molecule has 0 spiro atoms. The molecule has 0 heterocycles. The maximum absolute atomic E-state index is 12.6. The number of fused-ring (bicyclic) bond motifs is 1. The summed E-state index contributed by atoms with van der Waals surface area (Å²) < 4.78 is 32.4. The molecule has 3 rings (SSSR count). The number of benzene rings is 3. The van der Waals surface area contributed by atoms with E-state index in [2.05, 4.69) is 5.32 Å². The summed E-state index contributed by atoms with van der Waals surface area (Å²) in [6.45, 7) is 1.83. The Hall–Kier alpha value is -3.10. The molecule has 0 unspecified atom stereocenters. The van der Waals surface area contributed by atoms with Gasteiger partial charge in [-0.3, -0.25) is 9.35 Å². The number of carbonyl (C=O) groups is 1. The van der Waals surface area contributed by atoms with Crippen molar-refractivity contribution in [1.82, 2.24) is 0 Å². The molecule has 8 heteroatoms. The zero-order valence-electron chi connectivity index (χ0n) is 13.7. The summed E-state index contributed by atoms with van der Waals surface area (Å²) in [5, 5.41) is 13.3. The van der Waals surface area contributed by atoms with Gasteiger partial charge in [0.25, 0.3) is 16.0 Å². The molecule has 3 aromatic carbocycles. The molecule has 0 saturated carbocycles. The first kappa shape index (κ1) is 17.7. The van der Waals surface area contributed by atoms with Crippen molar-refractivity contribution in [3.8, 4) is 5.75 Å². The Morgan fingerprint density at radius 1 is 1.12 bits per heavy atom. The summed E-state index contributed by atoms with van der Waals surface area (Å²) in [6, 6.07) is 11.7. The highest BCUT2D eigenvalue weighted by atomic mass is 32.2. The van der Waals surface area contributed by atoms with Gasteiger partial charge in [0.2, 0.25) is 0 Å². The molecule has 0 saturated heterocycles. The average molecular weight is 372 g/mol. The molecule has 1 amide bonds. The van der Waals surface area contributed by atoms with E-state index in [9.17, 15) is 22.9 Å². The lowest BCUT2D eigenvalue weighted by atomic mass is 10.1. The van der Waals surface area contributed by atoms with Gasteiger partial charge in [-0.05, 0) is 48.2 Å². The Kier molecular flexibility index (Phi) is 4.31. The molecule has 0 aromatic heterocycles. The number of amides is 1. The number of carbonyl (C=O) groups excluding carboxylic acids is 1. The van der Waals surface area contributed by atoms with Crippen LogP contribution < -0.4 is 11.1 Å². The lowest BCUT2D eigenvalue weighted by Crippen LogP contribution is -2.15. The SMILES string of the molecule is Cc1ccc(C(=O)Nc2cc(S(=O)(=O)O)cc3cccc(O)c23)c(N)c1. The Bertz CT molecular complexity index is 1140. The van der Waals surface area contributed by atoms with E-state index < -0.39 is 20.9 Å². The van der Waals surface area contributed by atoms with Gasteiger partial charge in [0.05, 0.1) is 16.1 Å². The number of hydrogen-bond donors (Lipinski definition) is 4. The van der Waals surface area contributed by atoms with Crippen molar-refractivity contribution >= 4 is 38.2 Å². The van der Waals surface area contributed by atoms with Crippen LogP contribution in [0.4, 0.5) is 11.4 Å². The van der Waals surface area contributed by atoms with Crippen molar-refractivity contribution in [3.05, 3.63) is 59.7 Å². The van der Waals surface area contributed by atoms with E-state index >= 15 is 0 Å². The van der Waals surface area contributed by atoms with Gasteiger partial charge in [-0.1, -0.05) is 18.2 Å². The van der Waals surface area contributed by atoms with Gasteiger partial charge in [-0.15, -0.1) is 0 Å². The minimum Gasteiger partial charge on any atom is -0.507 e. The number of anilines is 2. The molecule has 0 aliphatic rings. The summed E-state index contributed by atoms with van der Waals surface area (Å²) in [5.74, 6) is -0.712. The third-order valence-corrected chi connectivity index (χ3v) is 4.76. The lowest BCUT2D eigenvalue weighted by molar-refractivity contribution is 0.102. The first-order valence-corrected chi connectivity index (χ1v) is 9.01. The monoisotopic (exact) mass is 372 g/mol. The van der Waals surface area contributed by atoms with Crippen LogP contribution in [0.3, 0.4) is 0 Å². The molecule has 0 radical (unpaired) electrons. The number of rotatable bonds is 3. The average Bonchev–Trinajstić information content (AvgIpc) is 2.53. The highest BCUT2D eigenvalue weighted by molar-refractivity contribution is 7.85. The topological polar surface area (TPSA) is 130 Å². The van der Waals surface area contributed by atoms with Crippen LogP contribution in [0.1, 0.15) is 15.9 Å². The third-order valence-electron chi connectivity index (χ3n) is 3.93. The van der Waals surface area contributed by atoms with Crippen LogP contribution in [0.25, 0.3) is 10.8 Å². The first-order chi connectivity index (χ1) is 12.2. The molecule has 0 bridgehead atoms. The minimum atomic E-state index is -4.50. The summed E-state index contributed by atoms with van der Waals surface area (Å²) in [6.07, 6.45) is 0. The number of nitrogens with two attached hydrogens (primary N) is 1. The number of nitrogen functional groups attached to an aromatic ring is 1. The summed E-state index contributed by atoms with van der Waals surface area (Å²) >= 11 is 0. The van der Waals surface area contributed by atoms with E-state index in [-0.39, 0.29) is 28.1 Å². The van der Waals surface area contributed by atoms with E-state index in [1.807, 2.05) is 6.92 Å². The molecule has 26 heavy (non-hydrogen) atoms. The van der Waals surface area contributed by atoms with E-state index in [4.69, 9.17) is 5.73 Å². The second kappa shape index (κ2) is 6.32. The van der Waals surface area contributed by atoms with Gasteiger partial charge in [-0.2, -0.15) is 8.42 Å². The largest absolute Gasteiger partial charge is 0.507 e. The second-order valence-electron chi connectivity index (χ2n) is 5.87. The molecular weight excluding hydrogens is 356 g/mol. The number of phenolic OH excluding ortho intramolecular Hbond substituents is 1. The Balaban J connectivity index is 2.15. The van der Waals surface area contributed by atoms with Crippen molar-refractivity contribution in [2.45, 2.75) is 11.8 Å². The van der Waals surface area contributed by atoms with Crippen LogP contribution in [0.15, 0.2) is 53.4 Å². The quantitative estimate of drug-likeness (QED) is 0.413. The highest BCUT2D eigenvalue weighted by Gasteiger charge is 2.18. The maximum atomic E-state index is 12.6. The molecule has 0 aliphatic heterocycles. The fourth-order valence-electron chi connectivity index (χ4n) is 2.71.